The van der Waals surface area contributed by atoms with Crippen molar-refractivity contribution in [1.82, 2.24) is 9.88 Å². The first-order chi connectivity index (χ1) is 18.9. The number of ether oxygens (including phenoxy) is 3. The summed E-state index contributed by atoms with van der Waals surface area (Å²) in [7, 11) is 1.63. The molecule has 3 aromatic rings. The Morgan fingerprint density at radius 1 is 1.03 bits per heavy atom. The van der Waals surface area contributed by atoms with Gasteiger partial charge in [-0.3, -0.25) is 9.78 Å². The lowest BCUT2D eigenvalue weighted by Crippen LogP contribution is -2.48. The number of benzene rings is 2. The van der Waals surface area contributed by atoms with Gasteiger partial charge in [0, 0.05) is 31.1 Å². The summed E-state index contributed by atoms with van der Waals surface area (Å²) in [6.07, 6.45) is 2.32. The second-order valence-corrected chi connectivity index (χ2v) is 9.96. The van der Waals surface area contributed by atoms with Crippen LogP contribution in [0, 0.1) is 5.92 Å². The van der Waals surface area contributed by atoms with Crippen LogP contribution in [0.4, 0.5) is 0 Å². The molecule has 1 atom stereocenters. The van der Waals surface area contributed by atoms with Gasteiger partial charge in [-0.2, -0.15) is 0 Å². The quantitative estimate of drug-likeness (QED) is 0.340. The normalized spacial score (nSPS) is 14.3. The molecule has 1 amide bonds. The Hall–Kier alpha value is -3.46. The molecule has 1 aliphatic heterocycles. The molecular weight excluding hydrogens is 496 g/mol. The minimum atomic E-state index is -0.328. The van der Waals surface area contributed by atoms with Crippen LogP contribution in [-0.4, -0.2) is 66.0 Å². The van der Waals surface area contributed by atoms with Crippen LogP contribution in [0.1, 0.15) is 58.6 Å². The lowest BCUT2D eigenvalue weighted by atomic mass is 9.90. The van der Waals surface area contributed by atoms with E-state index in [-0.39, 0.29) is 43.7 Å². The van der Waals surface area contributed by atoms with Gasteiger partial charge in [-0.25, -0.2) is 0 Å². The van der Waals surface area contributed by atoms with Crippen LogP contribution < -0.4 is 9.47 Å². The summed E-state index contributed by atoms with van der Waals surface area (Å²) in [6.45, 7) is 5.60. The third-order valence-corrected chi connectivity index (χ3v) is 7.22. The van der Waals surface area contributed by atoms with Crippen LogP contribution in [0.15, 0.2) is 60.8 Å². The Balaban J connectivity index is 1.32. The molecule has 8 heteroatoms. The molecule has 8 nitrogen and oxygen atoms in total. The van der Waals surface area contributed by atoms with Crippen LogP contribution in [0.3, 0.4) is 0 Å². The Morgan fingerprint density at radius 2 is 1.74 bits per heavy atom. The fourth-order valence-corrected chi connectivity index (χ4v) is 4.46. The van der Waals surface area contributed by atoms with E-state index >= 15 is 0 Å². The lowest BCUT2D eigenvalue weighted by Gasteiger charge is -2.39. The zero-order valence-corrected chi connectivity index (χ0v) is 22.9. The highest BCUT2D eigenvalue weighted by Crippen LogP contribution is 2.35. The summed E-state index contributed by atoms with van der Waals surface area (Å²) in [5.74, 6) is 1.12. The van der Waals surface area contributed by atoms with Gasteiger partial charge in [-0.15, -0.1) is 0 Å². The van der Waals surface area contributed by atoms with Gasteiger partial charge >= 0.3 is 0 Å². The van der Waals surface area contributed by atoms with E-state index in [0.717, 1.165) is 23.1 Å². The van der Waals surface area contributed by atoms with E-state index in [0.29, 0.717) is 36.9 Å². The number of aliphatic hydroxyl groups excluding tert-OH is 2. The zero-order valence-electron chi connectivity index (χ0n) is 22.9. The van der Waals surface area contributed by atoms with Crippen LogP contribution in [-0.2, 0) is 17.8 Å². The molecule has 0 spiro atoms. The molecule has 1 unspecified atom stereocenters. The Bertz CT molecular complexity index is 1220. The Kier molecular flexibility index (Phi) is 9.92. The highest BCUT2D eigenvalue weighted by atomic mass is 16.5. The number of likely N-dealkylation sites (tertiary alicyclic amines) is 1. The maximum Gasteiger partial charge on any atom is 0.272 e. The van der Waals surface area contributed by atoms with E-state index < -0.39 is 0 Å². The number of aliphatic hydroxyl groups is 2. The number of aromatic nitrogens is 1. The fraction of sp³-hybridized carbons (Fsp3) is 0.419. The van der Waals surface area contributed by atoms with Gasteiger partial charge in [0.25, 0.3) is 5.91 Å². The van der Waals surface area contributed by atoms with Crippen molar-refractivity contribution in [3.8, 4) is 11.5 Å². The molecule has 39 heavy (non-hydrogen) atoms. The Labute approximate surface area is 230 Å². The second-order valence-electron chi connectivity index (χ2n) is 9.96. The van der Waals surface area contributed by atoms with Gasteiger partial charge in [-0.05, 0) is 59.9 Å². The molecule has 2 aromatic carbocycles. The molecule has 2 heterocycles. The number of hydrogen-bond acceptors (Lipinski definition) is 7. The molecular formula is C31H38N2O6. The molecule has 1 aliphatic rings. The fourth-order valence-electron chi connectivity index (χ4n) is 4.46. The van der Waals surface area contributed by atoms with Gasteiger partial charge in [0.05, 0.1) is 33.0 Å². The van der Waals surface area contributed by atoms with Gasteiger partial charge in [0.2, 0.25) is 0 Å². The van der Waals surface area contributed by atoms with Crippen molar-refractivity contribution in [2.24, 2.45) is 5.92 Å². The van der Waals surface area contributed by atoms with E-state index in [4.69, 9.17) is 14.2 Å². The third kappa shape index (κ3) is 7.15. The predicted molar refractivity (Wildman–Crippen MR) is 148 cm³/mol. The van der Waals surface area contributed by atoms with Crippen molar-refractivity contribution in [1.29, 1.82) is 0 Å². The van der Waals surface area contributed by atoms with Crippen LogP contribution in [0.2, 0.25) is 0 Å². The number of carbonyl (C=O) groups is 1. The summed E-state index contributed by atoms with van der Waals surface area (Å²) in [5, 5.41) is 18.5. The van der Waals surface area contributed by atoms with Crippen molar-refractivity contribution < 1.29 is 29.2 Å². The number of amides is 1. The molecule has 1 saturated heterocycles. The number of nitrogens with zero attached hydrogens (tertiary/aromatic N) is 2. The van der Waals surface area contributed by atoms with Crippen molar-refractivity contribution in [3.63, 3.8) is 0 Å². The summed E-state index contributed by atoms with van der Waals surface area (Å²) >= 11 is 0. The number of aryl methyl sites for hydroxylation is 1. The molecule has 2 N–H and O–H groups in total. The Morgan fingerprint density at radius 3 is 2.41 bits per heavy atom. The lowest BCUT2D eigenvalue weighted by molar-refractivity contribution is 0.00619. The first-order valence-corrected chi connectivity index (χ1v) is 13.4. The molecule has 1 aromatic heterocycles. The third-order valence-electron chi connectivity index (χ3n) is 7.22. The smallest absolute Gasteiger partial charge is 0.272 e. The van der Waals surface area contributed by atoms with Gasteiger partial charge in [0.15, 0.2) is 11.5 Å². The highest BCUT2D eigenvalue weighted by molar-refractivity contribution is 5.93. The maximum atomic E-state index is 13.1. The van der Waals surface area contributed by atoms with Gasteiger partial charge in [-0.1, -0.05) is 37.3 Å². The van der Waals surface area contributed by atoms with E-state index in [1.165, 1.54) is 5.56 Å². The molecule has 1 fully saturated rings. The molecule has 0 aliphatic carbocycles. The molecule has 208 valence electrons. The summed E-state index contributed by atoms with van der Waals surface area (Å²) in [6, 6.07) is 17.9. The van der Waals surface area contributed by atoms with Crippen LogP contribution in [0.25, 0.3) is 0 Å². The monoisotopic (exact) mass is 534 g/mol. The van der Waals surface area contributed by atoms with Crippen molar-refractivity contribution in [3.05, 3.63) is 88.7 Å². The first kappa shape index (κ1) is 28.5. The average molecular weight is 535 g/mol. The van der Waals surface area contributed by atoms with Crippen LogP contribution in [0.5, 0.6) is 11.5 Å². The van der Waals surface area contributed by atoms with Crippen molar-refractivity contribution >= 4 is 5.91 Å². The average Bonchev–Trinajstić information content (AvgIpc) is 2.96. The zero-order chi connectivity index (χ0) is 27.8. The van der Waals surface area contributed by atoms with Crippen molar-refractivity contribution in [2.75, 3.05) is 40.0 Å². The molecule has 0 saturated carbocycles. The van der Waals surface area contributed by atoms with Gasteiger partial charge in [0.1, 0.15) is 12.3 Å². The summed E-state index contributed by atoms with van der Waals surface area (Å²) < 4.78 is 17.4. The number of hydrogen-bond donors (Lipinski definition) is 2. The minimum Gasteiger partial charge on any atom is -0.493 e. The van der Waals surface area contributed by atoms with Gasteiger partial charge < -0.3 is 29.3 Å². The summed E-state index contributed by atoms with van der Waals surface area (Å²) in [4.78, 5) is 19.2. The largest absolute Gasteiger partial charge is 0.493 e. The van der Waals surface area contributed by atoms with E-state index in [9.17, 15) is 15.0 Å². The van der Waals surface area contributed by atoms with Crippen LogP contribution >= 0.6 is 0 Å². The standard InChI is InChI=1S/C31H38N2O6/c1-4-22-5-7-23(8-6-22)19-39-29-10-9-26(14-30(29)37-3)27-15-33(16-27)31(36)28-13-25(11-12-32-28)21(2)38-20-24(17-34)18-35/h5-14,21,24,27,34-35H,4,15-20H2,1-3H3. The topological polar surface area (TPSA) is 101 Å². The van der Waals surface area contributed by atoms with E-state index in [1.807, 2.05) is 31.2 Å². The van der Waals surface area contributed by atoms with E-state index in [1.54, 1.807) is 24.3 Å². The van der Waals surface area contributed by atoms with E-state index in [2.05, 4.69) is 36.2 Å². The van der Waals surface area contributed by atoms with Crippen molar-refractivity contribution in [2.45, 2.75) is 38.9 Å². The SMILES string of the molecule is CCc1ccc(COc2ccc(C3CN(C(=O)c4cc(C(C)OCC(CO)CO)ccn4)C3)cc2OC)cc1. The summed E-state index contributed by atoms with van der Waals surface area (Å²) in [5.41, 5.74) is 4.69. The number of methoxy groups -OCH3 is 1. The minimum absolute atomic E-state index is 0.120. The molecule has 0 bridgehead atoms. The first-order valence-electron chi connectivity index (χ1n) is 13.4. The number of carbonyl (C=O) groups excluding carboxylic acids is 1. The predicted octanol–water partition coefficient (Wildman–Crippen LogP) is 4.15. The highest BCUT2D eigenvalue weighted by Gasteiger charge is 2.33. The molecule has 0 radical (unpaired) electrons. The number of pyridine rings is 1. The second kappa shape index (κ2) is 13.6. The molecule has 4 rings (SSSR count). The number of rotatable bonds is 13. The maximum absolute atomic E-state index is 13.1.